The van der Waals surface area contributed by atoms with Crippen molar-refractivity contribution in [2.75, 3.05) is 19.6 Å². The number of likely N-dealkylation sites (N-methyl/N-ethyl adjacent to an activating group) is 1. The molecular formula is C9H19N3O. The highest BCUT2D eigenvalue weighted by atomic mass is 16.2. The number of nitrogens with zero attached hydrogens (tertiary/aromatic N) is 1. The van der Waals surface area contributed by atoms with Crippen molar-refractivity contribution in [2.45, 2.75) is 26.2 Å². The number of carbonyl (C=O) groups is 1. The molecule has 13 heavy (non-hydrogen) atoms. The maximum absolute atomic E-state index is 11.0. The first-order valence-electron chi connectivity index (χ1n) is 4.98. The molecule has 1 amide bonds. The predicted octanol–water partition coefficient (Wildman–Crippen LogP) is 0.0983. The number of amides is 1. The van der Waals surface area contributed by atoms with Crippen molar-refractivity contribution in [1.82, 2.24) is 10.3 Å². The summed E-state index contributed by atoms with van der Waals surface area (Å²) in [5.74, 6) is 5.74. The molecule has 0 unspecified atom stereocenters. The lowest BCUT2D eigenvalue weighted by Gasteiger charge is -2.31. The molecule has 76 valence electrons. The minimum absolute atomic E-state index is 0.0961. The van der Waals surface area contributed by atoms with E-state index >= 15 is 0 Å². The summed E-state index contributed by atoms with van der Waals surface area (Å²) in [6, 6.07) is 0. The summed E-state index contributed by atoms with van der Waals surface area (Å²) in [7, 11) is 0. The molecule has 1 aliphatic carbocycles. The molecule has 0 atom stereocenters. The zero-order chi connectivity index (χ0) is 9.68. The summed E-state index contributed by atoms with van der Waals surface area (Å²) < 4.78 is 0. The van der Waals surface area contributed by atoms with Crippen molar-refractivity contribution in [1.29, 1.82) is 0 Å². The van der Waals surface area contributed by atoms with E-state index in [1.54, 1.807) is 0 Å². The third-order valence-corrected chi connectivity index (χ3v) is 2.72. The molecule has 4 heteroatoms. The smallest absolute Gasteiger partial charge is 0.248 e. The third-order valence-electron chi connectivity index (χ3n) is 2.72. The van der Waals surface area contributed by atoms with Crippen LogP contribution in [0.3, 0.4) is 0 Å². The Balaban J connectivity index is 2.20. The molecule has 0 aromatic heterocycles. The van der Waals surface area contributed by atoms with Crippen LogP contribution in [0.5, 0.6) is 0 Å². The van der Waals surface area contributed by atoms with Crippen molar-refractivity contribution in [2.24, 2.45) is 11.8 Å². The molecule has 0 radical (unpaired) electrons. The first-order valence-corrected chi connectivity index (χ1v) is 4.98. The molecule has 1 rings (SSSR count). The van der Waals surface area contributed by atoms with Gasteiger partial charge in [-0.1, -0.05) is 13.3 Å². The molecule has 1 aliphatic rings. The van der Waals surface area contributed by atoms with E-state index in [1.165, 1.54) is 19.3 Å². The minimum atomic E-state index is -0.0961. The lowest BCUT2D eigenvalue weighted by molar-refractivity contribution is -0.122. The van der Waals surface area contributed by atoms with E-state index in [0.717, 1.165) is 19.0 Å². The molecule has 1 fully saturated rings. The largest absolute Gasteiger partial charge is 0.294 e. The zero-order valence-electron chi connectivity index (χ0n) is 8.25. The number of carbonyl (C=O) groups excluding carboxylic acids is 1. The second-order valence-electron chi connectivity index (χ2n) is 3.69. The van der Waals surface area contributed by atoms with Gasteiger partial charge in [0.05, 0.1) is 6.54 Å². The Labute approximate surface area is 79.4 Å². The Morgan fingerprint density at radius 1 is 1.62 bits per heavy atom. The van der Waals surface area contributed by atoms with Crippen LogP contribution >= 0.6 is 0 Å². The number of hydrogen-bond donors (Lipinski definition) is 2. The molecule has 1 saturated carbocycles. The van der Waals surface area contributed by atoms with E-state index in [0.29, 0.717) is 6.54 Å². The van der Waals surface area contributed by atoms with E-state index < -0.39 is 0 Å². The SMILES string of the molecule is CCN(CC(=O)NN)CC1CCC1. The minimum Gasteiger partial charge on any atom is -0.294 e. The average Bonchev–Trinajstić information content (AvgIpc) is 2.08. The Kier molecular flexibility index (Phi) is 4.18. The van der Waals surface area contributed by atoms with Gasteiger partial charge in [0, 0.05) is 6.54 Å². The quantitative estimate of drug-likeness (QED) is 0.363. The van der Waals surface area contributed by atoms with Gasteiger partial charge in [0.1, 0.15) is 0 Å². The van der Waals surface area contributed by atoms with Gasteiger partial charge in [-0.05, 0) is 25.3 Å². The van der Waals surface area contributed by atoms with Gasteiger partial charge in [0.2, 0.25) is 5.91 Å². The van der Waals surface area contributed by atoms with Gasteiger partial charge < -0.3 is 0 Å². The molecule has 0 aromatic carbocycles. The number of rotatable bonds is 5. The molecule has 0 aromatic rings. The van der Waals surface area contributed by atoms with E-state index in [-0.39, 0.29) is 5.91 Å². The first kappa shape index (κ1) is 10.5. The van der Waals surface area contributed by atoms with Gasteiger partial charge >= 0.3 is 0 Å². The van der Waals surface area contributed by atoms with Gasteiger partial charge in [-0.25, -0.2) is 5.84 Å². The van der Waals surface area contributed by atoms with E-state index in [2.05, 4.69) is 17.2 Å². The predicted molar refractivity (Wildman–Crippen MR) is 51.8 cm³/mol. The Hall–Kier alpha value is -0.610. The van der Waals surface area contributed by atoms with Crippen molar-refractivity contribution >= 4 is 5.91 Å². The standard InChI is InChI=1S/C9H19N3O/c1-2-12(7-9(13)11-10)6-8-4-3-5-8/h8H,2-7,10H2,1H3,(H,11,13). The number of hydrogen-bond acceptors (Lipinski definition) is 3. The van der Waals surface area contributed by atoms with Crippen LogP contribution in [0.4, 0.5) is 0 Å². The van der Waals surface area contributed by atoms with Crippen LogP contribution in [0.15, 0.2) is 0 Å². The fourth-order valence-electron chi connectivity index (χ4n) is 1.59. The topological polar surface area (TPSA) is 58.4 Å². The Morgan fingerprint density at radius 3 is 2.69 bits per heavy atom. The maximum atomic E-state index is 11.0. The summed E-state index contributed by atoms with van der Waals surface area (Å²) in [5, 5.41) is 0. The highest BCUT2D eigenvalue weighted by Crippen LogP contribution is 2.26. The lowest BCUT2D eigenvalue weighted by atomic mass is 9.85. The van der Waals surface area contributed by atoms with E-state index in [1.807, 2.05) is 0 Å². The average molecular weight is 185 g/mol. The Morgan fingerprint density at radius 2 is 2.31 bits per heavy atom. The number of nitrogens with two attached hydrogens (primary N) is 1. The van der Waals surface area contributed by atoms with Crippen LogP contribution in [0.1, 0.15) is 26.2 Å². The summed E-state index contributed by atoms with van der Waals surface area (Å²) in [6.45, 7) is 4.47. The highest BCUT2D eigenvalue weighted by Gasteiger charge is 2.20. The molecule has 0 spiro atoms. The van der Waals surface area contributed by atoms with Gasteiger partial charge in [-0.3, -0.25) is 15.1 Å². The van der Waals surface area contributed by atoms with Crippen LogP contribution in [0, 0.1) is 5.92 Å². The van der Waals surface area contributed by atoms with Crippen molar-refractivity contribution in [3.8, 4) is 0 Å². The van der Waals surface area contributed by atoms with Crippen LogP contribution in [0.25, 0.3) is 0 Å². The molecule has 0 aliphatic heterocycles. The zero-order valence-corrected chi connectivity index (χ0v) is 8.25. The first-order chi connectivity index (χ1) is 6.26. The van der Waals surface area contributed by atoms with E-state index in [4.69, 9.17) is 5.84 Å². The number of hydrazine groups is 1. The monoisotopic (exact) mass is 185 g/mol. The summed E-state index contributed by atoms with van der Waals surface area (Å²) in [5.41, 5.74) is 2.16. The van der Waals surface area contributed by atoms with Crippen LogP contribution in [-0.2, 0) is 4.79 Å². The second kappa shape index (κ2) is 5.19. The molecule has 0 heterocycles. The molecule has 0 bridgehead atoms. The van der Waals surface area contributed by atoms with Gasteiger partial charge in [0.15, 0.2) is 0 Å². The van der Waals surface area contributed by atoms with Gasteiger partial charge in [0.25, 0.3) is 0 Å². The van der Waals surface area contributed by atoms with Crippen molar-refractivity contribution in [3.63, 3.8) is 0 Å². The van der Waals surface area contributed by atoms with E-state index in [9.17, 15) is 4.79 Å². The second-order valence-corrected chi connectivity index (χ2v) is 3.69. The fourth-order valence-corrected chi connectivity index (χ4v) is 1.59. The summed E-state index contributed by atoms with van der Waals surface area (Å²) in [4.78, 5) is 13.1. The maximum Gasteiger partial charge on any atom is 0.248 e. The summed E-state index contributed by atoms with van der Waals surface area (Å²) in [6.07, 6.45) is 3.99. The lowest BCUT2D eigenvalue weighted by Crippen LogP contribution is -2.42. The molecular weight excluding hydrogens is 166 g/mol. The highest BCUT2D eigenvalue weighted by molar-refractivity contribution is 5.77. The van der Waals surface area contributed by atoms with Crippen molar-refractivity contribution < 1.29 is 4.79 Å². The van der Waals surface area contributed by atoms with Gasteiger partial charge in [-0.15, -0.1) is 0 Å². The van der Waals surface area contributed by atoms with Crippen molar-refractivity contribution in [3.05, 3.63) is 0 Å². The summed E-state index contributed by atoms with van der Waals surface area (Å²) >= 11 is 0. The molecule has 4 nitrogen and oxygen atoms in total. The van der Waals surface area contributed by atoms with Crippen LogP contribution in [-0.4, -0.2) is 30.4 Å². The van der Waals surface area contributed by atoms with Gasteiger partial charge in [-0.2, -0.15) is 0 Å². The molecule has 0 saturated heterocycles. The Bertz CT molecular complexity index is 168. The molecule has 3 N–H and O–H groups in total. The van der Waals surface area contributed by atoms with Crippen LogP contribution in [0.2, 0.25) is 0 Å². The number of nitrogens with one attached hydrogen (secondary N) is 1. The fraction of sp³-hybridized carbons (Fsp3) is 0.889. The third kappa shape index (κ3) is 3.32. The van der Waals surface area contributed by atoms with Crippen LogP contribution < -0.4 is 11.3 Å². The normalized spacial score (nSPS) is 17.2.